The van der Waals surface area contributed by atoms with Crippen LogP contribution in [-0.2, 0) is 10.0 Å². The molecule has 4 N–H and O–H groups in total. The van der Waals surface area contributed by atoms with Gasteiger partial charge in [0.15, 0.2) is 0 Å². The Hall–Kier alpha value is -0.170. The second-order valence-electron chi connectivity index (χ2n) is 4.09. The van der Waals surface area contributed by atoms with Crippen molar-refractivity contribution in [2.45, 2.75) is 58.8 Å². The Kier molecular flexibility index (Phi) is 15.7. The van der Waals surface area contributed by atoms with Gasteiger partial charge in [-0.15, -0.1) is 0 Å². The third-order valence-corrected chi connectivity index (χ3v) is 3.05. The van der Waals surface area contributed by atoms with Crippen molar-refractivity contribution in [3.8, 4) is 0 Å². The summed E-state index contributed by atoms with van der Waals surface area (Å²) in [4.78, 5) is 0. The van der Waals surface area contributed by atoms with Crippen molar-refractivity contribution in [2.75, 3.05) is 12.3 Å². The Morgan fingerprint density at radius 1 is 1.00 bits per heavy atom. The maximum atomic E-state index is 10.5. The van der Waals surface area contributed by atoms with E-state index in [1.165, 1.54) is 19.3 Å². The average molecular weight is 268 g/mol. The SMILES string of the molecule is CCCCCCCCS(N)(=O)=O.CCC[NH2+][O-]. The molecule has 106 valence electrons. The fourth-order valence-electron chi connectivity index (χ4n) is 1.20. The molecule has 0 aliphatic rings. The Bertz CT molecular complexity index is 229. The highest BCUT2D eigenvalue weighted by Gasteiger charge is 2.00. The summed E-state index contributed by atoms with van der Waals surface area (Å²) in [5.74, 6) is 0.138. The van der Waals surface area contributed by atoms with Crippen LogP contribution in [0, 0.1) is 5.21 Å². The first-order chi connectivity index (χ1) is 7.97. The molecule has 5 nitrogen and oxygen atoms in total. The molecule has 0 amide bonds. The maximum absolute atomic E-state index is 10.5. The summed E-state index contributed by atoms with van der Waals surface area (Å²) < 4.78 is 21.0. The Labute approximate surface area is 106 Å². The number of quaternary nitrogens is 1. The van der Waals surface area contributed by atoms with Crippen LogP contribution >= 0.6 is 0 Å². The van der Waals surface area contributed by atoms with Crippen molar-refractivity contribution in [2.24, 2.45) is 5.14 Å². The number of unbranched alkanes of at least 4 members (excludes halogenated alkanes) is 5. The summed E-state index contributed by atoms with van der Waals surface area (Å²) in [5.41, 5.74) is 0.931. The van der Waals surface area contributed by atoms with Crippen molar-refractivity contribution in [3.63, 3.8) is 0 Å². The zero-order valence-electron chi connectivity index (χ0n) is 11.2. The van der Waals surface area contributed by atoms with Crippen LogP contribution < -0.4 is 10.6 Å². The van der Waals surface area contributed by atoms with Gasteiger partial charge in [0, 0.05) is 0 Å². The first-order valence-electron chi connectivity index (χ1n) is 6.42. The average Bonchev–Trinajstić information content (AvgIpc) is 2.24. The van der Waals surface area contributed by atoms with Crippen LogP contribution in [0.5, 0.6) is 0 Å². The maximum Gasteiger partial charge on any atom is 0.209 e. The lowest BCUT2D eigenvalue weighted by atomic mass is 10.1. The second-order valence-corrected chi connectivity index (χ2v) is 5.82. The van der Waals surface area contributed by atoms with Crippen molar-refractivity contribution < 1.29 is 13.9 Å². The number of rotatable bonds is 9. The molecule has 0 aliphatic carbocycles. The van der Waals surface area contributed by atoms with Crippen molar-refractivity contribution >= 4 is 10.0 Å². The monoisotopic (exact) mass is 268 g/mol. The molecule has 6 heteroatoms. The molecule has 0 atom stereocenters. The summed E-state index contributed by atoms with van der Waals surface area (Å²) >= 11 is 0. The van der Waals surface area contributed by atoms with Gasteiger partial charge < -0.3 is 10.7 Å². The van der Waals surface area contributed by atoms with Crippen LogP contribution in [-0.4, -0.2) is 20.7 Å². The summed E-state index contributed by atoms with van der Waals surface area (Å²) in [6, 6.07) is 0. The highest BCUT2D eigenvalue weighted by molar-refractivity contribution is 7.89. The van der Waals surface area contributed by atoms with Crippen LogP contribution in [0.4, 0.5) is 0 Å². The van der Waals surface area contributed by atoms with Gasteiger partial charge in [-0.05, 0) is 12.8 Å². The van der Waals surface area contributed by atoms with E-state index >= 15 is 0 Å². The molecule has 0 unspecified atom stereocenters. The van der Waals surface area contributed by atoms with Crippen molar-refractivity contribution in [3.05, 3.63) is 5.21 Å². The molecule has 0 aliphatic heterocycles. The molecule has 0 aromatic rings. The van der Waals surface area contributed by atoms with Crippen LogP contribution in [0.2, 0.25) is 0 Å². The number of primary sulfonamides is 1. The van der Waals surface area contributed by atoms with Gasteiger partial charge in [-0.25, -0.2) is 13.6 Å². The summed E-state index contributed by atoms with van der Waals surface area (Å²) in [6.07, 6.45) is 7.47. The molecule has 0 saturated heterocycles. The minimum atomic E-state index is -3.22. The highest BCUT2D eigenvalue weighted by atomic mass is 32.2. The summed E-state index contributed by atoms with van der Waals surface area (Å²) in [7, 11) is -3.22. The largest absolute Gasteiger partial charge is 0.636 e. The number of hydrogen-bond donors (Lipinski definition) is 2. The topological polar surface area (TPSA) is 99.8 Å². The lowest BCUT2D eigenvalue weighted by molar-refractivity contribution is -0.588. The van der Waals surface area contributed by atoms with Crippen LogP contribution in [0.15, 0.2) is 0 Å². The van der Waals surface area contributed by atoms with Crippen molar-refractivity contribution in [1.82, 2.24) is 0 Å². The second kappa shape index (κ2) is 13.9. The van der Waals surface area contributed by atoms with Crippen molar-refractivity contribution in [1.29, 1.82) is 0 Å². The van der Waals surface area contributed by atoms with Gasteiger partial charge in [0.05, 0.1) is 12.3 Å². The molecule has 0 rings (SSSR count). The van der Waals surface area contributed by atoms with E-state index < -0.39 is 10.0 Å². The lowest BCUT2D eigenvalue weighted by Gasteiger charge is -1.98. The van der Waals surface area contributed by atoms with Crippen LogP contribution in [0.1, 0.15) is 58.8 Å². The third-order valence-electron chi connectivity index (χ3n) is 2.19. The van der Waals surface area contributed by atoms with Gasteiger partial charge in [0.1, 0.15) is 0 Å². The Balaban J connectivity index is 0. The predicted octanol–water partition coefficient (Wildman–Crippen LogP) is 1.09. The van der Waals surface area contributed by atoms with Gasteiger partial charge in [-0.3, -0.25) is 0 Å². The van der Waals surface area contributed by atoms with E-state index in [4.69, 9.17) is 5.14 Å². The first-order valence-corrected chi connectivity index (χ1v) is 8.13. The van der Waals surface area contributed by atoms with Crippen LogP contribution in [0.3, 0.4) is 0 Å². The zero-order chi connectivity index (χ0) is 13.6. The molecule has 0 aromatic heterocycles. The van der Waals surface area contributed by atoms with E-state index in [0.29, 0.717) is 13.0 Å². The van der Waals surface area contributed by atoms with Gasteiger partial charge in [-0.1, -0.05) is 46.0 Å². The molecule has 0 spiro atoms. The van der Waals surface area contributed by atoms with Crippen LogP contribution in [0.25, 0.3) is 0 Å². The normalized spacial score (nSPS) is 10.8. The number of sulfonamides is 1. The van der Waals surface area contributed by atoms with Gasteiger partial charge in [-0.2, -0.15) is 0 Å². The fourth-order valence-corrected chi connectivity index (χ4v) is 1.81. The molecule has 0 saturated carbocycles. The van der Waals surface area contributed by atoms with Gasteiger partial charge >= 0.3 is 0 Å². The summed E-state index contributed by atoms with van der Waals surface area (Å²) in [6.45, 7) is 4.85. The smallest absolute Gasteiger partial charge is 0.209 e. The number of nitrogens with two attached hydrogens (primary N) is 2. The molecule has 0 aromatic carbocycles. The molecular formula is C11H28N2O3S. The molecule has 17 heavy (non-hydrogen) atoms. The van der Waals surface area contributed by atoms with E-state index in [-0.39, 0.29) is 5.75 Å². The van der Waals surface area contributed by atoms with Gasteiger partial charge in [0.2, 0.25) is 10.0 Å². The van der Waals surface area contributed by atoms with Gasteiger partial charge in [0.25, 0.3) is 0 Å². The third kappa shape index (κ3) is 25.8. The minimum absolute atomic E-state index is 0.138. The molecular weight excluding hydrogens is 240 g/mol. The minimum Gasteiger partial charge on any atom is -0.636 e. The number of hydrogen-bond acceptors (Lipinski definition) is 3. The molecule has 0 heterocycles. The highest BCUT2D eigenvalue weighted by Crippen LogP contribution is 2.05. The molecule has 0 radical (unpaired) electrons. The van der Waals surface area contributed by atoms with E-state index in [0.717, 1.165) is 24.7 Å². The zero-order valence-corrected chi connectivity index (χ0v) is 12.0. The predicted molar refractivity (Wildman–Crippen MR) is 71.8 cm³/mol. The Morgan fingerprint density at radius 3 is 1.88 bits per heavy atom. The fraction of sp³-hybridized carbons (Fsp3) is 1.00. The van der Waals surface area contributed by atoms with E-state index in [1.54, 1.807) is 0 Å². The molecule has 0 bridgehead atoms. The standard InChI is InChI=1S/C8H19NO2S.C3H9NO/c1-2-3-4-5-6-7-8-12(9,10)11;1-2-3-4-5/h2-8H2,1H3,(H2,9,10,11);2-4H2,1H3. The van der Waals surface area contributed by atoms with E-state index in [9.17, 15) is 13.6 Å². The Morgan fingerprint density at radius 2 is 1.53 bits per heavy atom. The quantitative estimate of drug-likeness (QED) is 0.483. The first kappa shape index (κ1) is 19.2. The molecule has 0 fully saturated rings. The van der Waals surface area contributed by atoms with E-state index in [2.05, 4.69) is 6.92 Å². The number of hydroxylamine groups is 1. The lowest BCUT2D eigenvalue weighted by Crippen LogP contribution is -2.77. The summed E-state index contributed by atoms with van der Waals surface area (Å²) in [5, 5.41) is 14.3. The van der Waals surface area contributed by atoms with E-state index in [1.807, 2.05) is 6.92 Å².